The number of hydrogen-bond acceptors (Lipinski definition) is 4. The van der Waals surface area contributed by atoms with Crippen molar-refractivity contribution in [1.82, 2.24) is 4.90 Å². The lowest BCUT2D eigenvalue weighted by molar-refractivity contribution is 0.0600. The summed E-state index contributed by atoms with van der Waals surface area (Å²) in [5, 5.41) is 0.618. The Bertz CT molecular complexity index is 895. The highest BCUT2D eigenvalue weighted by molar-refractivity contribution is 6.30. The Kier molecular flexibility index (Phi) is 6.37. The summed E-state index contributed by atoms with van der Waals surface area (Å²) in [5.74, 6) is 0.248. The predicted octanol–water partition coefficient (Wildman–Crippen LogP) is 4.45. The minimum atomic E-state index is -0.397. The Hall–Kier alpha value is -2.79. The van der Waals surface area contributed by atoms with E-state index in [0.717, 1.165) is 18.4 Å². The van der Waals surface area contributed by atoms with Crippen LogP contribution in [0.2, 0.25) is 5.02 Å². The molecule has 0 N–H and O–H groups in total. The van der Waals surface area contributed by atoms with Crippen molar-refractivity contribution >= 4 is 29.6 Å². The van der Waals surface area contributed by atoms with Crippen LogP contribution in [0.5, 0.6) is 5.75 Å². The third-order valence-electron chi connectivity index (χ3n) is 4.80. The van der Waals surface area contributed by atoms with Crippen LogP contribution in [0.3, 0.4) is 0 Å². The minimum Gasteiger partial charge on any atom is -0.496 e. The van der Waals surface area contributed by atoms with Gasteiger partial charge in [-0.3, -0.25) is 4.79 Å². The predicted molar refractivity (Wildman–Crippen MR) is 109 cm³/mol. The highest BCUT2D eigenvalue weighted by Gasteiger charge is 2.20. The third-order valence-corrected chi connectivity index (χ3v) is 5.05. The topological polar surface area (TPSA) is 55.8 Å². The molecule has 0 aromatic heterocycles. The molecule has 146 valence electrons. The summed E-state index contributed by atoms with van der Waals surface area (Å²) in [6, 6.07) is 12.2. The van der Waals surface area contributed by atoms with E-state index in [-0.39, 0.29) is 5.91 Å². The summed E-state index contributed by atoms with van der Waals surface area (Å²) in [7, 11) is 2.93. The minimum absolute atomic E-state index is 0.0238. The molecule has 0 unspecified atom stereocenters. The molecule has 6 heteroatoms. The molecule has 1 fully saturated rings. The first kappa shape index (κ1) is 20.0. The summed E-state index contributed by atoms with van der Waals surface area (Å²) in [6.45, 7) is 1.33. The van der Waals surface area contributed by atoms with Crippen LogP contribution in [-0.4, -0.2) is 44.1 Å². The number of carbonyl (C=O) groups excluding carboxylic acids is 2. The molecule has 0 bridgehead atoms. The van der Waals surface area contributed by atoms with E-state index in [0.29, 0.717) is 35.0 Å². The monoisotopic (exact) mass is 399 g/mol. The van der Waals surface area contributed by atoms with Crippen LogP contribution in [0.15, 0.2) is 48.0 Å². The van der Waals surface area contributed by atoms with Crippen molar-refractivity contribution in [3.05, 3.63) is 69.8 Å². The molecule has 1 heterocycles. The summed E-state index contributed by atoms with van der Waals surface area (Å²) in [6.07, 6.45) is 3.66. The molecule has 3 rings (SSSR count). The molecule has 1 saturated heterocycles. The number of amides is 1. The summed E-state index contributed by atoms with van der Waals surface area (Å²) < 4.78 is 10.2. The Morgan fingerprint density at radius 1 is 1.00 bits per heavy atom. The molecule has 2 aromatic rings. The summed E-state index contributed by atoms with van der Waals surface area (Å²) >= 11 is 5.89. The fourth-order valence-corrected chi connectivity index (χ4v) is 3.34. The maximum atomic E-state index is 12.6. The Labute approximate surface area is 169 Å². The fourth-order valence-electron chi connectivity index (χ4n) is 3.21. The van der Waals surface area contributed by atoms with Gasteiger partial charge in [-0.15, -0.1) is 0 Å². The number of hydrogen-bond donors (Lipinski definition) is 0. The Morgan fingerprint density at radius 3 is 2.25 bits per heavy atom. The molecule has 0 saturated carbocycles. The van der Waals surface area contributed by atoms with Crippen LogP contribution < -0.4 is 4.74 Å². The van der Waals surface area contributed by atoms with Gasteiger partial charge in [-0.1, -0.05) is 29.3 Å². The average molecular weight is 400 g/mol. The van der Waals surface area contributed by atoms with Crippen LogP contribution in [-0.2, 0) is 4.74 Å². The number of methoxy groups -OCH3 is 2. The standard InChI is InChI=1S/C22H22ClNO4/c1-27-20-14-18(22(26)28-2)4-3-17(20)13-15-9-11-24(12-10-15)21(25)16-5-7-19(23)8-6-16/h3-8,13-14H,9-12H2,1-2H3. The lowest BCUT2D eigenvalue weighted by Gasteiger charge is -2.28. The van der Waals surface area contributed by atoms with Gasteiger partial charge in [0, 0.05) is 29.2 Å². The first-order chi connectivity index (χ1) is 13.5. The van der Waals surface area contributed by atoms with E-state index in [1.54, 1.807) is 43.5 Å². The summed E-state index contributed by atoms with van der Waals surface area (Å²) in [4.78, 5) is 26.1. The van der Waals surface area contributed by atoms with Crippen LogP contribution in [0.1, 0.15) is 39.1 Å². The van der Waals surface area contributed by atoms with Crippen molar-refractivity contribution in [2.75, 3.05) is 27.3 Å². The number of carbonyl (C=O) groups is 2. The Balaban J connectivity index is 1.69. The number of esters is 1. The van der Waals surface area contributed by atoms with E-state index in [2.05, 4.69) is 6.08 Å². The first-order valence-corrected chi connectivity index (χ1v) is 9.40. The largest absolute Gasteiger partial charge is 0.496 e. The van der Waals surface area contributed by atoms with E-state index in [9.17, 15) is 9.59 Å². The number of nitrogens with zero attached hydrogens (tertiary/aromatic N) is 1. The summed E-state index contributed by atoms with van der Waals surface area (Å²) in [5.41, 5.74) is 3.24. The number of ether oxygens (including phenoxy) is 2. The van der Waals surface area contributed by atoms with Crippen LogP contribution >= 0.6 is 11.6 Å². The molecule has 1 amide bonds. The maximum Gasteiger partial charge on any atom is 0.337 e. The van der Waals surface area contributed by atoms with Crippen molar-refractivity contribution in [2.24, 2.45) is 0 Å². The van der Waals surface area contributed by atoms with Gasteiger partial charge < -0.3 is 14.4 Å². The average Bonchev–Trinajstić information content (AvgIpc) is 2.74. The molecule has 0 radical (unpaired) electrons. The second-order valence-corrected chi connectivity index (χ2v) is 6.99. The van der Waals surface area contributed by atoms with Gasteiger partial charge in [0.25, 0.3) is 5.91 Å². The molecule has 1 aliphatic heterocycles. The van der Waals surface area contributed by atoms with Gasteiger partial charge in [-0.05, 0) is 49.2 Å². The van der Waals surface area contributed by atoms with E-state index in [4.69, 9.17) is 21.1 Å². The quantitative estimate of drug-likeness (QED) is 0.712. The second kappa shape index (κ2) is 8.93. The highest BCUT2D eigenvalue weighted by Crippen LogP contribution is 2.27. The van der Waals surface area contributed by atoms with Gasteiger partial charge in [0.05, 0.1) is 19.8 Å². The van der Waals surface area contributed by atoms with E-state index < -0.39 is 5.97 Å². The van der Waals surface area contributed by atoms with Gasteiger partial charge >= 0.3 is 5.97 Å². The molecule has 2 aromatic carbocycles. The van der Waals surface area contributed by atoms with Crippen molar-refractivity contribution in [1.29, 1.82) is 0 Å². The number of piperidine rings is 1. The molecule has 28 heavy (non-hydrogen) atoms. The molecule has 1 aliphatic rings. The molecule has 0 spiro atoms. The fraction of sp³-hybridized carbons (Fsp3) is 0.273. The van der Waals surface area contributed by atoms with Gasteiger partial charge in [-0.2, -0.15) is 0 Å². The van der Waals surface area contributed by atoms with Crippen molar-refractivity contribution in [2.45, 2.75) is 12.8 Å². The lowest BCUT2D eigenvalue weighted by atomic mass is 9.99. The maximum absolute atomic E-state index is 12.6. The second-order valence-electron chi connectivity index (χ2n) is 6.55. The van der Waals surface area contributed by atoms with E-state index in [1.807, 2.05) is 11.0 Å². The molecule has 0 aliphatic carbocycles. The molecule has 0 atom stereocenters. The zero-order valence-electron chi connectivity index (χ0n) is 15.9. The lowest BCUT2D eigenvalue weighted by Crippen LogP contribution is -2.36. The SMILES string of the molecule is COC(=O)c1ccc(C=C2CCN(C(=O)c3ccc(Cl)cc3)CC2)c(OC)c1. The molecule has 5 nitrogen and oxygen atoms in total. The van der Waals surface area contributed by atoms with Crippen LogP contribution in [0, 0.1) is 0 Å². The van der Waals surface area contributed by atoms with Crippen molar-refractivity contribution < 1.29 is 19.1 Å². The van der Waals surface area contributed by atoms with Crippen molar-refractivity contribution in [3.8, 4) is 5.75 Å². The zero-order valence-corrected chi connectivity index (χ0v) is 16.7. The zero-order chi connectivity index (χ0) is 20.1. The number of halogens is 1. The van der Waals surface area contributed by atoms with Gasteiger partial charge in [0.15, 0.2) is 0 Å². The third kappa shape index (κ3) is 4.54. The highest BCUT2D eigenvalue weighted by atomic mass is 35.5. The van der Waals surface area contributed by atoms with Gasteiger partial charge in [0.2, 0.25) is 0 Å². The smallest absolute Gasteiger partial charge is 0.337 e. The molecular formula is C22H22ClNO4. The molecular weight excluding hydrogens is 378 g/mol. The number of benzene rings is 2. The van der Waals surface area contributed by atoms with E-state index in [1.165, 1.54) is 12.7 Å². The van der Waals surface area contributed by atoms with Crippen LogP contribution in [0.25, 0.3) is 6.08 Å². The van der Waals surface area contributed by atoms with Gasteiger partial charge in [-0.25, -0.2) is 4.79 Å². The van der Waals surface area contributed by atoms with Crippen LogP contribution in [0.4, 0.5) is 0 Å². The Morgan fingerprint density at radius 2 is 1.64 bits per heavy atom. The van der Waals surface area contributed by atoms with E-state index >= 15 is 0 Å². The van der Waals surface area contributed by atoms with Gasteiger partial charge in [0.1, 0.15) is 5.75 Å². The number of rotatable bonds is 4. The first-order valence-electron chi connectivity index (χ1n) is 9.02. The van der Waals surface area contributed by atoms with Crippen molar-refractivity contribution in [3.63, 3.8) is 0 Å². The normalized spacial score (nSPS) is 13.8. The number of likely N-dealkylation sites (tertiary alicyclic amines) is 1.